The fraction of sp³-hybridized carbons (Fsp3) is 0.444. The van der Waals surface area contributed by atoms with Crippen molar-refractivity contribution in [3.8, 4) is 0 Å². The van der Waals surface area contributed by atoms with Crippen LogP contribution in [0.1, 0.15) is 47.7 Å². The van der Waals surface area contributed by atoms with E-state index in [1.807, 2.05) is 24.3 Å². The van der Waals surface area contributed by atoms with Crippen LogP contribution in [0, 0.1) is 0 Å². The van der Waals surface area contributed by atoms with E-state index in [2.05, 4.69) is 0 Å². The van der Waals surface area contributed by atoms with Crippen molar-refractivity contribution < 1.29 is 9.90 Å². The number of fused-ring (bicyclic) bond motifs is 1. The van der Waals surface area contributed by atoms with Crippen molar-refractivity contribution in [3.63, 3.8) is 0 Å². The number of benzene rings is 1. The highest BCUT2D eigenvalue weighted by molar-refractivity contribution is 6.31. The Balaban J connectivity index is 1.82. The minimum Gasteiger partial charge on any atom is -0.395 e. The van der Waals surface area contributed by atoms with Gasteiger partial charge in [-0.05, 0) is 49.9 Å². The molecule has 0 atom stereocenters. The molecule has 5 heteroatoms. The largest absolute Gasteiger partial charge is 0.395 e. The topological polar surface area (TPSA) is 53.4 Å². The molecule has 2 fully saturated rings. The predicted molar refractivity (Wildman–Crippen MR) is 89.9 cm³/mol. The normalized spacial score (nSPS) is 17.5. The molecule has 0 bridgehead atoms. The Morgan fingerprint density at radius 1 is 1.26 bits per heavy atom. The summed E-state index contributed by atoms with van der Waals surface area (Å²) in [5.74, 6) is 0.465. The molecule has 0 radical (unpaired) electrons. The molecule has 1 heterocycles. The van der Waals surface area contributed by atoms with Crippen molar-refractivity contribution in [1.29, 1.82) is 0 Å². The van der Waals surface area contributed by atoms with Crippen LogP contribution in [0.3, 0.4) is 0 Å². The van der Waals surface area contributed by atoms with Crippen LogP contribution in [-0.4, -0.2) is 40.1 Å². The Hall–Kier alpha value is -1.65. The van der Waals surface area contributed by atoms with Gasteiger partial charge in [0.15, 0.2) is 0 Å². The van der Waals surface area contributed by atoms with Crippen molar-refractivity contribution in [2.45, 2.75) is 37.6 Å². The molecule has 0 aliphatic heterocycles. The zero-order valence-corrected chi connectivity index (χ0v) is 13.6. The molecule has 2 aromatic rings. The maximum atomic E-state index is 13.1. The number of carbonyl (C=O) groups excluding carboxylic acids is 1. The molecule has 1 aromatic carbocycles. The van der Waals surface area contributed by atoms with Gasteiger partial charge in [0.25, 0.3) is 5.91 Å². The van der Waals surface area contributed by atoms with Crippen molar-refractivity contribution in [1.82, 2.24) is 9.88 Å². The summed E-state index contributed by atoms with van der Waals surface area (Å²) in [6, 6.07) is 7.71. The van der Waals surface area contributed by atoms with Gasteiger partial charge >= 0.3 is 0 Å². The summed E-state index contributed by atoms with van der Waals surface area (Å²) >= 11 is 6.13. The molecule has 0 spiro atoms. The number of aliphatic hydroxyl groups excluding tert-OH is 1. The third-order valence-corrected chi connectivity index (χ3v) is 4.84. The number of pyridine rings is 1. The van der Waals surface area contributed by atoms with Crippen molar-refractivity contribution in [3.05, 3.63) is 40.5 Å². The van der Waals surface area contributed by atoms with Crippen LogP contribution in [0.4, 0.5) is 0 Å². The second-order valence-corrected chi connectivity index (χ2v) is 6.92. The lowest BCUT2D eigenvalue weighted by molar-refractivity contribution is 0.0709. The van der Waals surface area contributed by atoms with E-state index in [0.717, 1.165) is 42.3 Å². The van der Waals surface area contributed by atoms with E-state index < -0.39 is 0 Å². The zero-order valence-electron chi connectivity index (χ0n) is 12.8. The second kappa shape index (κ2) is 5.77. The van der Waals surface area contributed by atoms with Crippen LogP contribution in [0.2, 0.25) is 5.02 Å². The van der Waals surface area contributed by atoms with Crippen LogP contribution < -0.4 is 0 Å². The number of carbonyl (C=O) groups is 1. The van der Waals surface area contributed by atoms with Gasteiger partial charge in [-0.15, -0.1) is 0 Å². The van der Waals surface area contributed by atoms with Gasteiger partial charge in [0, 0.05) is 34.6 Å². The first kappa shape index (κ1) is 14.9. The van der Waals surface area contributed by atoms with E-state index in [1.165, 1.54) is 0 Å². The average molecular weight is 331 g/mol. The Labute approximate surface area is 140 Å². The molecular weight excluding hydrogens is 312 g/mol. The second-order valence-electron chi connectivity index (χ2n) is 6.48. The number of hydrogen-bond acceptors (Lipinski definition) is 3. The van der Waals surface area contributed by atoms with E-state index in [4.69, 9.17) is 16.6 Å². The summed E-state index contributed by atoms with van der Waals surface area (Å²) in [5.41, 5.74) is 2.49. The zero-order chi connectivity index (χ0) is 16.0. The summed E-state index contributed by atoms with van der Waals surface area (Å²) in [6.45, 7) is 0.369. The number of nitrogens with zero attached hydrogens (tertiary/aromatic N) is 2. The number of hydrogen-bond donors (Lipinski definition) is 1. The Bertz CT molecular complexity index is 769. The smallest absolute Gasteiger partial charge is 0.254 e. The van der Waals surface area contributed by atoms with Gasteiger partial charge in [0.1, 0.15) is 0 Å². The third kappa shape index (κ3) is 2.93. The summed E-state index contributed by atoms with van der Waals surface area (Å²) in [5, 5.41) is 10.7. The predicted octanol–water partition coefficient (Wildman–Crippen LogP) is 3.36. The maximum Gasteiger partial charge on any atom is 0.254 e. The Morgan fingerprint density at radius 3 is 2.70 bits per heavy atom. The van der Waals surface area contributed by atoms with Crippen LogP contribution in [-0.2, 0) is 0 Å². The van der Waals surface area contributed by atoms with Gasteiger partial charge in [0.05, 0.1) is 17.7 Å². The van der Waals surface area contributed by atoms with E-state index in [0.29, 0.717) is 23.0 Å². The number of amides is 1. The maximum absolute atomic E-state index is 13.1. The minimum absolute atomic E-state index is 0.0124. The van der Waals surface area contributed by atoms with Crippen LogP contribution in [0.25, 0.3) is 10.9 Å². The van der Waals surface area contributed by atoms with Crippen molar-refractivity contribution in [2.75, 3.05) is 13.2 Å². The lowest BCUT2D eigenvalue weighted by Crippen LogP contribution is -2.35. The van der Waals surface area contributed by atoms with E-state index in [9.17, 15) is 9.90 Å². The molecular formula is C18H19ClN2O2. The highest BCUT2D eigenvalue weighted by Gasteiger charge is 2.34. The molecule has 2 saturated carbocycles. The number of halogens is 1. The monoisotopic (exact) mass is 330 g/mol. The Kier molecular flexibility index (Phi) is 3.74. The molecule has 0 saturated heterocycles. The molecule has 4 rings (SSSR count). The number of rotatable bonds is 5. The fourth-order valence-corrected chi connectivity index (χ4v) is 3.25. The first-order chi connectivity index (χ1) is 11.2. The van der Waals surface area contributed by atoms with Gasteiger partial charge < -0.3 is 10.0 Å². The van der Waals surface area contributed by atoms with Gasteiger partial charge in [-0.3, -0.25) is 9.78 Å². The third-order valence-electron chi connectivity index (χ3n) is 4.61. The van der Waals surface area contributed by atoms with Crippen LogP contribution in [0.5, 0.6) is 0 Å². The SMILES string of the molecule is O=C(c1cc(C2CC2)nc2ccc(Cl)cc12)N(CCO)C1CC1. The number of aliphatic hydroxyl groups is 1. The summed E-state index contributed by atoms with van der Waals surface area (Å²) < 4.78 is 0. The summed E-state index contributed by atoms with van der Waals surface area (Å²) in [7, 11) is 0. The summed E-state index contributed by atoms with van der Waals surface area (Å²) in [6.07, 6.45) is 4.32. The van der Waals surface area contributed by atoms with Crippen molar-refractivity contribution in [2.24, 2.45) is 0 Å². The van der Waals surface area contributed by atoms with E-state index in [1.54, 1.807) is 4.90 Å². The Morgan fingerprint density at radius 2 is 2.04 bits per heavy atom. The first-order valence-corrected chi connectivity index (χ1v) is 8.57. The molecule has 4 nitrogen and oxygen atoms in total. The van der Waals surface area contributed by atoms with Gasteiger partial charge in [0.2, 0.25) is 0 Å². The van der Waals surface area contributed by atoms with Crippen LogP contribution in [0.15, 0.2) is 24.3 Å². The fourth-order valence-electron chi connectivity index (χ4n) is 3.08. The lowest BCUT2D eigenvalue weighted by Gasteiger charge is -2.22. The quantitative estimate of drug-likeness (QED) is 0.914. The van der Waals surface area contributed by atoms with Crippen molar-refractivity contribution >= 4 is 28.4 Å². The van der Waals surface area contributed by atoms with E-state index >= 15 is 0 Å². The molecule has 2 aliphatic rings. The lowest BCUT2D eigenvalue weighted by atomic mass is 10.0. The summed E-state index contributed by atoms with van der Waals surface area (Å²) in [4.78, 5) is 19.6. The van der Waals surface area contributed by atoms with Gasteiger partial charge in [-0.1, -0.05) is 11.6 Å². The first-order valence-electron chi connectivity index (χ1n) is 8.19. The molecule has 1 amide bonds. The average Bonchev–Trinajstić information content (AvgIpc) is 3.43. The minimum atomic E-state index is -0.0156. The standard InChI is InChI=1S/C18H19ClN2O2/c19-12-3-6-16-14(9-12)15(10-17(20-16)11-1-2-11)18(23)21(7-8-22)13-4-5-13/h3,6,9-11,13,22H,1-2,4-5,7-8H2. The molecule has 23 heavy (non-hydrogen) atoms. The highest BCUT2D eigenvalue weighted by atomic mass is 35.5. The molecule has 1 N–H and O–H groups in total. The molecule has 1 aromatic heterocycles. The number of aromatic nitrogens is 1. The molecule has 120 valence electrons. The van der Waals surface area contributed by atoms with E-state index in [-0.39, 0.29) is 18.6 Å². The van der Waals surface area contributed by atoms with Gasteiger partial charge in [-0.25, -0.2) is 0 Å². The molecule has 0 unspecified atom stereocenters. The van der Waals surface area contributed by atoms with Crippen LogP contribution >= 0.6 is 11.6 Å². The molecule has 2 aliphatic carbocycles. The van der Waals surface area contributed by atoms with Gasteiger partial charge in [-0.2, -0.15) is 0 Å². The highest BCUT2D eigenvalue weighted by Crippen LogP contribution is 2.41.